The zero-order valence-electron chi connectivity index (χ0n) is 9.29. The van der Waals surface area contributed by atoms with Crippen LogP contribution >= 0.6 is 0 Å². The van der Waals surface area contributed by atoms with Crippen LogP contribution < -0.4 is 5.32 Å². The number of carbonyl (C=O) groups is 2. The Morgan fingerprint density at radius 3 is 2.40 bits per heavy atom. The smallest absolute Gasteiger partial charge is 0.230 e. The Morgan fingerprint density at radius 1 is 1.20 bits per heavy atom. The molecule has 0 radical (unpaired) electrons. The van der Waals surface area contributed by atoms with Gasteiger partial charge in [-0.3, -0.25) is 14.9 Å². The average Bonchev–Trinajstić information content (AvgIpc) is 2.49. The first-order valence-corrected chi connectivity index (χ1v) is 5.99. The number of carbonyl (C=O) groups excluding carboxylic acids is 2. The van der Waals surface area contributed by atoms with Crippen molar-refractivity contribution < 1.29 is 9.59 Å². The van der Waals surface area contributed by atoms with E-state index >= 15 is 0 Å². The molecule has 1 N–H and O–H groups in total. The zero-order valence-corrected chi connectivity index (χ0v) is 9.29. The molecule has 84 valence electrons. The molecule has 1 aliphatic carbocycles. The molecule has 0 bridgehead atoms. The zero-order chi connectivity index (χ0) is 10.8. The fourth-order valence-corrected chi connectivity index (χ4v) is 2.76. The lowest BCUT2D eigenvalue weighted by Gasteiger charge is -2.27. The molecule has 3 nitrogen and oxygen atoms in total. The van der Waals surface area contributed by atoms with Gasteiger partial charge in [0.2, 0.25) is 11.8 Å². The van der Waals surface area contributed by atoms with Crippen molar-refractivity contribution in [2.45, 2.75) is 45.4 Å². The molecule has 2 fully saturated rings. The number of nitrogens with one attached hydrogen (secondary N) is 1. The topological polar surface area (TPSA) is 46.2 Å². The van der Waals surface area contributed by atoms with Crippen molar-refractivity contribution >= 4 is 11.8 Å². The molecule has 3 heteroatoms. The van der Waals surface area contributed by atoms with Crippen LogP contribution in [0.25, 0.3) is 0 Å². The lowest BCUT2D eigenvalue weighted by molar-refractivity contribution is -0.126. The molecule has 15 heavy (non-hydrogen) atoms. The monoisotopic (exact) mass is 209 g/mol. The highest BCUT2D eigenvalue weighted by molar-refractivity contribution is 6.03. The van der Waals surface area contributed by atoms with E-state index in [4.69, 9.17) is 0 Å². The van der Waals surface area contributed by atoms with Gasteiger partial charge in [-0.1, -0.05) is 32.6 Å². The van der Waals surface area contributed by atoms with Gasteiger partial charge < -0.3 is 0 Å². The van der Waals surface area contributed by atoms with Gasteiger partial charge in [0.15, 0.2) is 0 Å². The summed E-state index contributed by atoms with van der Waals surface area (Å²) in [5.41, 5.74) is 0. The van der Waals surface area contributed by atoms with Crippen molar-refractivity contribution in [2.75, 3.05) is 0 Å². The van der Waals surface area contributed by atoms with Gasteiger partial charge in [-0.05, 0) is 18.3 Å². The van der Waals surface area contributed by atoms with Gasteiger partial charge in [-0.2, -0.15) is 0 Å². The summed E-state index contributed by atoms with van der Waals surface area (Å²) in [7, 11) is 0. The van der Waals surface area contributed by atoms with Gasteiger partial charge in [-0.25, -0.2) is 0 Å². The van der Waals surface area contributed by atoms with E-state index < -0.39 is 0 Å². The average molecular weight is 209 g/mol. The Labute approximate surface area is 90.6 Å². The number of imide groups is 1. The van der Waals surface area contributed by atoms with E-state index in [0.29, 0.717) is 12.3 Å². The first kappa shape index (κ1) is 10.7. The van der Waals surface area contributed by atoms with E-state index in [2.05, 4.69) is 12.2 Å². The van der Waals surface area contributed by atoms with Crippen LogP contribution in [0.2, 0.25) is 0 Å². The van der Waals surface area contributed by atoms with Crippen molar-refractivity contribution in [1.82, 2.24) is 5.32 Å². The van der Waals surface area contributed by atoms with Gasteiger partial charge in [-0.15, -0.1) is 0 Å². The molecule has 0 spiro atoms. The molecule has 1 aliphatic heterocycles. The molecule has 0 aromatic carbocycles. The fraction of sp³-hybridized carbons (Fsp3) is 0.833. The summed E-state index contributed by atoms with van der Waals surface area (Å²) < 4.78 is 0. The first-order chi connectivity index (χ1) is 7.15. The predicted molar refractivity (Wildman–Crippen MR) is 57.0 cm³/mol. The second kappa shape index (κ2) is 4.33. The Kier molecular flexibility index (Phi) is 3.08. The van der Waals surface area contributed by atoms with E-state index in [1.165, 1.54) is 25.7 Å². The highest BCUT2D eigenvalue weighted by atomic mass is 16.2. The van der Waals surface area contributed by atoms with E-state index in [-0.39, 0.29) is 17.7 Å². The fourth-order valence-electron chi connectivity index (χ4n) is 2.76. The third-order valence-electron chi connectivity index (χ3n) is 3.82. The summed E-state index contributed by atoms with van der Waals surface area (Å²) in [6, 6.07) is 0. The van der Waals surface area contributed by atoms with Crippen molar-refractivity contribution in [3.63, 3.8) is 0 Å². The Balaban J connectivity index is 1.82. The normalized spacial score (nSPS) is 36.7. The van der Waals surface area contributed by atoms with Crippen LogP contribution in [-0.2, 0) is 9.59 Å². The predicted octanol–water partition coefficient (Wildman–Crippen LogP) is 1.87. The lowest BCUT2D eigenvalue weighted by atomic mass is 9.78. The molecule has 1 atom stereocenters. The van der Waals surface area contributed by atoms with Crippen LogP contribution in [0.15, 0.2) is 0 Å². The van der Waals surface area contributed by atoms with Crippen molar-refractivity contribution in [2.24, 2.45) is 17.8 Å². The highest BCUT2D eigenvalue weighted by Gasteiger charge is 2.33. The second-order valence-electron chi connectivity index (χ2n) is 5.18. The standard InChI is InChI=1S/C12H19NO2/c1-8-2-4-9(5-3-8)6-10-7-11(14)13-12(10)15/h8-10H,2-7H2,1H3,(H,13,14,15). The minimum absolute atomic E-state index is 0.0316. The molecule has 0 aromatic heterocycles. The lowest BCUT2D eigenvalue weighted by Crippen LogP contribution is -2.24. The van der Waals surface area contributed by atoms with Gasteiger partial charge >= 0.3 is 0 Å². The van der Waals surface area contributed by atoms with Crippen LogP contribution in [0.5, 0.6) is 0 Å². The molecule has 0 aromatic rings. The largest absolute Gasteiger partial charge is 0.296 e. The van der Waals surface area contributed by atoms with Crippen molar-refractivity contribution in [3.8, 4) is 0 Å². The van der Waals surface area contributed by atoms with E-state index in [1.54, 1.807) is 0 Å². The maximum atomic E-state index is 11.4. The number of hydrogen-bond acceptors (Lipinski definition) is 2. The van der Waals surface area contributed by atoms with Crippen molar-refractivity contribution in [1.29, 1.82) is 0 Å². The van der Waals surface area contributed by atoms with Crippen LogP contribution in [0.4, 0.5) is 0 Å². The summed E-state index contributed by atoms with van der Waals surface area (Å²) in [5.74, 6) is 1.35. The van der Waals surface area contributed by atoms with Crippen LogP contribution in [0.3, 0.4) is 0 Å². The molecule has 1 saturated heterocycles. The SMILES string of the molecule is CC1CCC(CC2CC(=O)NC2=O)CC1. The van der Waals surface area contributed by atoms with E-state index in [9.17, 15) is 9.59 Å². The Morgan fingerprint density at radius 2 is 1.87 bits per heavy atom. The Bertz CT molecular complexity index is 267. The highest BCUT2D eigenvalue weighted by Crippen LogP contribution is 2.33. The molecule has 2 rings (SSSR count). The minimum Gasteiger partial charge on any atom is -0.296 e. The van der Waals surface area contributed by atoms with Gasteiger partial charge in [0.25, 0.3) is 0 Å². The molecule has 1 heterocycles. The van der Waals surface area contributed by atoms with Gasteiger partial charge in [0.1, 0.15) is 0 Å². The van der Waals surface area contributed by atoms with Crippen LogP contribution in [0.1, 0.15) is 45.4 Å². The maximum absolute atomic E-state index is 11.4. The van der Waals surface area contributed by atoms with Crippen LogP contribution in [0, 0.1) is 17.8 Å². The van der Waals surface area contributed by atoms with Gasteiger partial charge in [0, 0.05) is 12.3 Å². The summed E-state index contributed by atoms with van der Waals surface area (Å²) in [6.45, 7) is 2.29. The summed E-state index contributed by atoms with van der Waals surface area (Å²) in [6.07, 6.45) is 6.38. The third-order valence-corrected chi connectivity index (χ3v) is 3.82. The first-order valence-electron chi connectivity index (χ1n) is 5.99. The van der Waals surface area contributed by atoms with E-state index in [0.717, 1.165) is 12.3 Å². The van der Waals surface area contributed by atoms with Crippen molar-refractivity contribution in [3.05, 3.63) is 0 Å². The van der Waals surface area contributed by atoms with E-state index in [1.807, 2.05) is 0 Å². The summed E-state index contributed by atoms with van der Waals surface area (Å²) in [5, 5.41) is 2.39. The molecular weight excluding hydrogens is 190 g/mol. The molecule has 1 saturated carbocycles. The molecule has 1 unspecified atom stereocenters. The van der Waals surface area contributed by atoms with Gasteiger partial charge in [0.05, 0.1) is 0 Å². The number of amides is 2. The minimum atomic E-state index is -0.0887. The Hall–Kier alpha value is -0.860. The molecule has 2 aliphatic rings. The summed E-state index contributed by atoms with van der Waals surface area (Å²) >= 11 is 0. The second-order valence-corrected chi connectivity index (χ2v) is 5.18. The molecule has 2 amide bonds. The maximum Gasteiger partial charge on any atom is 0.230 e. The quantitative estimate of drug-likeness (QED) is 0.706. The third kappa shape index (κ3) is 2.58. The number of hydrogen-bond donors (Lipinski definition) is 1. The molecular formula is C12H19NO2. The van der Waals surface area contributed by atoms with Crippen LogP contribution in [-0.4, -0.2) is 11.8 Å². The summed E-state index contributed by atoms with van der Waals surface area (Å²) in [4.78, 5) is 22.4. The number of rotatable bonds is 2.